The van der Waals surface area contributed by atoms with E-state index in [1.54, 1.807) is 19.2 Å². The predicted octanol–water partition coefficient (Wildman–Crippen LogP) is 4.60. The number of aromatic nitrogens is 1. The maximum atomic E-state index is 13.6. The summed E-state index contributed by atoms with van der Waals surface area (Å²) in [5.74, 6) is -0.252. The number of aliphatic hydroxyl groups excluding tert-OH is 1. The van der Waals surface area contributed by atoms with Crippen LogP contribution in [-0.2, 0) is 19.6 Å². The van der Waals surface area contributed by atoms with Crippen LogP contribution < -0.4 is 9.62 Å². The van der Waals surface area contributed by atoms with Crippen LogP contribution in [0.25, 0.3) is 22.4 Å². The van der Waals surface area contributed by atoms with Crippen LogP contribution in [-0.4, -0.2) is 49.9 Å². The SMILES string of the molecule is CNC(O)c1c(-c2ccc(F)cc2)oc2nc(N(CCCC3CCCC(=O)C(=O)C3)S(C)(=O)=O)c(C3CC3)cc12. The molecule has 2 aliphatic rings. The second kappa shape index (κ2) is 11.4. The first kappa shape index (κ1) is 28.4. The van der Waals surface area contributed by atoms with Crippen LogP contribution in [0.5, 0.6) is 0 Å². The van der Waals surface area contributed by atoms with Crippen molar-refractivity contribution in [2.45, 2.75) is 63.5 Å². The first-order valence-electron chi connectivity index (χ1n) is 13.7. The van der Waals surface area contributed by atoms with Crippen molar-refractivity contribution in [3.8, 4) is 11.3 Å². The van der Waals surface area contributed by atoms with E-state index < -0.39 is 22.1 Å². The van der Waals surface area contributed by atoms with E-state index in [-0.39, 0.29) is 48.5 Å². The number of sulfonamides is 1. The van der Waals surface area contributed by atoms with Crippen molar-refractivity contribution in [1.29, 1.82) is 0 Å². The zero-order chi connectivity index (χ0) is 28.6. The van der Waals surface area contributed by atoms with Crippen LogP contribution in [0.15, 0.2) is 34.7 Å². The van der Waals surface area contributed by atoms with Gasteiger partial charge in [0.05, 0.1) is 11.8 Å². The molecular weight excluding hydrogens is 537 g/mol. The average Bonchev–Trinajstić information content (AvgIpc) is 3.71. The number of benzene rings is 1. The Hall–Kier alpha value is -3.15. The maximum Gasteiger partial charge on any atom is 0.233 e. The van der Waals surface area contributed by atoms with Crippen LogP contribution in [0.1, 0.15) is 74.6 Å². The molecule has 0 bridgehead atoms. The first-order valence-corrected chi connectivity index (χ1v) is 15.5. The van der Waals surface area contributed by atoms with Crippen LogP contribution in [0.3, 0.4) is 0 Å². The Labute approximate surface area is 232 Å². The number of carbonyl (C=O) groups is 2. The van der Waals surface area contributed by atoms with Gasteiger partial charge in [0.15, 0.2) is 11.6 Å². The second-order valence-electron chi connectivity index (χ2n) is 10.9. The summed E-state index contributed by atoms with van der Waals surface area (Å²) in [6, 6.07) is 7.56. The number of ketones is 2. The van der Waals surface area contributed by atoms with Gasteiger partial charge in [0.2, 0.25) is 15.7 Å². The molecule has 9 nitrogen and oxygen atoms in total. The summed E-state index contributed by atoms with van der Waals surface area (Å²) < 4.78 is 47.1. The summed E-state index contributed by atoms with van der Waals surface area (Å²) in [6.45, 7) is 0.174. The number of hydrogen-bond donors (Lipinski definition) is 2. The Morgan fingerprint density at radius 2 is 1.90 bits per heavy atom. The second-order valence-corrected chi connectivity index (χ2v) is 12.8. The molecule has 0 saturated heterocycles. The van der Waals surface area contributed by atoms with E-state index in [4.69, 9.17) is 9.40 Å². The van der Waals surface area contributed by atoms with Crippen LogP contribution in [0.2, 0.25) is 0 Å². The molecule has 3 aromatic rings. The van der Waals surface area contributed by atoms with Crippen LogP contribution in [0, 0.1) is 11.7 Å². The topological polar surface area (TPSA) is 130 Å². The van der Waals surface area contributed by atoms with Gasteiger partial charge in [-0.2, -0.15) is 4.98 Å². The van der Waals surface area contributed by atoms with Crippen LogP contribution >= 0.6 is 0 Å². The van der Waals surface area contributed by atoms with Crippen molar-refractivity contribution in [2.24, 2.45) is 5.92 Å². The van der Waals surface area contributed by atoms with Crippen molar-refractivity contribution < 1.29 is 31.9 Å². The quantitative estimate of drug-likeness (QED) is 0.205. The molecule has 11 heteroatoms. The minimum atomic E-state index is -3.72. The average molecular weight is 572 g/mol. The predicted molar refractivity (Wildman–Crippen MR) is 149 cm³/mol. The summed E-state index contributed by atoms with van der Waals surface area (Å²) in [5.41, 5.74) is 1.94. The van der Waals surface area contributed by atoms with Gasteiger partial charge in [-0.15, -0.1) is 0 Å². The van der Waals surface area contributed by atoms with Crippen molar-refractivity contribution in [3.63, 3.8) is 0 Å². The van der Waals surface area contributed by atoms with E-state index in [1.165, 1.54) is 16.4 Å². The fourth-order valence-corrected chi connectivity index (χ4v) is 6.46. The highest BCUT2D eigenvalue weighted by Crippen LogP contribution is 2.47. The Bertz CT molecular complexity index is 1530. The molecule has 2 aromatic heterocycles. The lowest BCUT2D eigenvalue weighted by molar-refractivity contribution is -0.136. The lowest BCUT2D eigenvalue weighted by atomic mass is 9.94. The molecule has 2 saturated carbocycles. The Morgan fingerprint density at radius 1 is 1.18 bits per heavy atom. The van der Waals surface area contributed by atoms with Crippen molar-refractivity contribution in [3.05, 3.63) is 47.3 Å². The number of carbonyl (C=O) groups excluding carboxylic acids is 2. The summed E-state index contributed by atoms with van der Waals surface area (Å²) in [7, 11) is -2.12. The normalized spacial score (nSPS) is 19.1. The molecule has 1 aromatic carbocycles. The third-order valence-electron chi connectivity index (χ3n) is 7.81. The minimum absolute atomic E-state index is 0.0487. The van der Waals surface area contributed by atoms with E-state index in [1.807, 2.05) is 6.07 Å². The molecule has 2 N–H and O–H groups in total. The molecular formula is C29H34FN3O6S. The van der Waals surface area contributed by atoms with Crippen molar-refractivity contribution in [2.75, 3.05) is 24.2 Å². The van der Waals surface area contributed by atoms with Gasteiger partial charge in [-0.1, -0.05) is 0 Å². The standard InChI is InChI=1S/C29H34FN3O6S/c1-31-28(36)25-22-16-21(18-8-9-18)27(32-29(22)39-26(25)19-10-12-20(30)13-11-19)33(40(2,37)38)14-4-6-17-5-3-7-23(34)24(35)15-17/h10-13,16-18,28,31,36H,3-9,14-15H2,1-2H3. The highest BCUT2D eigenvalue weighted by molar-refractivity contribution is 7.92. The highest BCUT2D eigenvalue weighted by Gasteiger charge is 2.34. The van der Waals surface area contributed by atoms with Gasteiger partial charge in [-0.25, -0.2) is 12.8 Å². The molecule has 2 fully saturated rings. The number of nitrogens with zero attached hydrogens (tertiary/aromatic N) is 2. The monoisotopic (exact) mass is 571 g/mol. The zero-order valence-electron chi connectivity index (χ0n) is 22.7. The Kier molecular flexibility index (Phi) is 8.08. The number of aliphatic hydroxyl groups is 1. The summed E-state index contributed by atoms with van der Waals surface area (Å²) in [5, 5.41) is 14.2. The number of anilines is 1. The van der Waals surface area contributed by atoms with Gasteiger partial charge in [-0.3, -0.25) is 19.2 Å². The molecule has 0 amide bonds. The third kappa shape index (κ3) is 5.96. The molecule has 0 spiro atoms. The number of rotatable bonds is 10. The van der Waals surface area contributed by atoms with Crippen molar-refractivity contribution >= 4 is 38.5 Å². The molecule has 2 aliphatic carbocycles. The van der Waals surface area contributed by atoms with Gasteiger partial charge < -0.3 is 9.52 Å². The molecule has 2 heterocycles. The number of nitrogens with one attached hydrogen (secondary N) is 1. The summed E-state index contributed by atoms with van der Waals surface area (Å²) in [6.07, 6.45) is 4.90. The van der Waals surface area contributed by atoms with Crippen LogP contribution in [0.4, 0.5) is 10.2 Å². The summed E-state index contributed by atoms with van der Waals surface area (Å²) >= 11 is 0. The van der Waals surface area contributed by atoms with Gasteiger partial charge >= 0.3 is 0 Å². The highest BCUT2D eigenvalue weighted by atomic mass is 32.2. The Balaban J connectivity index is 1.52. The molecule has 214 valence electrons. The number of furan rings is 1. The summed E-state index contributed by atoms with van der Waals surface area (Å²) in [4.78, 5) is 28.5. The van der Waals surface area contributed by atoms with Gasteiger partial charge in [0.1, 0.15) is 23.6 Å². The molecule has 0 radical (unpaired) electrons. The fourth-order valence-electron chi connectivity index (χ4n) is 5.54. The number of pyridine rings is 1. The van der Waals surface area contributed by atoms with E-state index in [2.05, 4.69) is 5.32 Å². The van der Waals surface area contributed by atoms with E-state index in [0.717, 1.165) is 31.1 Å². The van der Waals surface area contributed by atoms with Crippen molar-refractivity contribution in [1.82, 2.24) is 10.3 Å². The molecule has 2 unspecified atom stereocenters. The van der Waals surface area contributed by atoms with E-state index in [0.29, 0.717) is 47.4 Å². The molecule has 0 aliphatic heterocycles. The number of Topliss-reactive ketones (excluding diaryl/α,β-unsaturated/α-hetero) is 2. The largest absolute Gasteiger partial charge is 0.437 e. The smallest absolute Gasteiger partial charge is 0.233 e. The lowest BCUT2D eigenvalue weighted by Crippen LogP contribution is -2.33. The zero-order valence-corrected chi connectivity index (χ0v) is 23.5. The van der Waals surface area contributed by atoms with Gasteiger partial charge in [0.25, 0.3) is 0 Å². The molecule has 40 heavy (non-hydrogen) atoms. The van der Waals surface area contributed by atoms with Gasteiger partial charge in [-0.05, 0) is 93.3 Å². The molecule has 2 atom stereocenters. The molecule has 5 rings (SSSR count). The number of hydrogen-bond acceptors (Lipinski definition) is 8. The minimum Gasteiger partial charge on any atom is -0.437 e. The number of halogens is 1. The maximum absolute atomic E-state index is 13.6. The van der Waals surface area contributed by atoms with Gasteiger partial charge in [0, 0.05) is 30.3 Å². The Morgan fingerprint density at radius 3 is 2.55 bits per heavy atom. The first-order chi connectivity index (χ1) is 19.1. The van der Waals surface area contributed by atoms with E-state index in [9.17, 15) is 27.5 Å². The lowest BCUT2D eigenvalue weighted by Gasteiger charge is -2.25. The fraction of sp³-hybridized carbons (Fsp3) is 0.483. The van der Waals surface area contributed by atoms with E-state index >= 15 is 0 Å². The number of fused-ring (bicyclic) bond motifs is 1. The third-order valence-corrected chi connectivity index (χ3v) is 8.97.